The van der Waals surface area contributed by atoms with Crippen molar-refractivity contribution in [1.82, 2.24) is 29.9 Å². The number of nitrogens with one attached hydrogen (secondary N) is 1. The third-order valence-corrected chi connectivity index (χ3v) is 6.17. The Kier molecular flexibility index (Phi) is 7.09. The van der Waals surface area contributed by atoms with Crippen molar-refractivity contribution in [2.24, 2.45) is 0 Å². The summed E-state index contributed by atoms with van der Waals surface area (Å²) in [5.74, 6) is 0.614. The second kappa shape index (κ2) is 10.4. The lowest BCUT2D eigenvalue weighted by molar-refractivity contribution is 0.199. The lowest BCUT2D eigenvalue weighted by Gasteiger charge is -2.16. The van der Waals surface area contributed by atoms with Gasteiger partial charge in [-0.15, -0.1) is 11.3 Å². The van der Waals surface area contributed by atoms with Crippen LogP contribution in [0.4, 0.5) is 11.5 Å². The third-order valence-electron chi connectivity index (χ3n) is 5.17. The number of aliphatic hydroxyl groups is 1. The number of rotatable bonds is 5. The molecule has 174 valence electrons. The van der Waals surface area contributed by atoms with E-state index in [-0.39, 0.29) is 5.56 Å². The standard InChI is InChI=1S/C18H18N6O2S.C6H7N/c1-11(25)17-21-16(10-27-17)23(2)15-6-7-20-24(18(15)26)9-12-4-3-5-14-13(12)8-19-22-14;1-6-4-2-3-5-7-6/h3-8,10-11,25H,9H2,1-2H3,(H,19,22);2-5H,1H3. The van der Waals surface area contributed by atoms with Crippen LogP contribution in [0.1, 0.15) is 29.3 Å². The fourth-order valence-corrected chi connectivity index (χ4v) is 4.11. The summed E-state index contributed by atoms with van der Waals surface area (Å²) >= 11 is 1.36. The highest BCUT2D eigenvalue weighted by Crippen LogP contribution is 2.26. The smallest absolute Gasteiger partial charge is 0.290 e. The highest BCUT2D eigenvalue weighted by Gasteiger charge is 2.16. The van der Waals surface area contributed by atoms with Crippen molar-refractivity contribution in [1.29, 1.82) is 0 Å². The summed E-state index contributed by atoms with van der Waals surface area (Å²) in [5.41, 5.74) is 3.20. The quantitative estimate of drug-likeness (QED) is 0.397. The topological polar surface area (TPSA) is 113 Å². The minimum absolute atomic E-state index is 0.216. The van der Waals surface area contributed by atoms with E-state index < -0.39 is 6.10 Å². The van der Waals surface area contributed by atoms with Gasteiger partial charge in [0.05, 0.1) is 18.3 Å². The van der Waals surface area contributed by atoms with Crippen LogP contribution in [-0.4, -0.2) is 42.1 Å². The number of anilines is 2. The molecular formula is C24H25N7O2S. The number of H-pyrrole nitrogens is 1. The maximum absolute atomic E-state index is 13.0. The molecule has 5 rings (SSSR count). The van der Waals surface area contributed by atoms with Crippen LogP contribution in [0.15, 0.2) is 71.2 Å². The maximum atomic E-state index is 13.0. The molecule has 4 heterocycles. The highest BCUT2D eigenvalue weighted by atomic mass is 32.1. The van der Waals surface area contributed by atoms with E-state index in [4.69, 9.17) is 0 Å². The van der Waals surface area contributed by atoms with Gasteiger partial charge in [0.2, 0.25) is 0 Å². The Morgan fingerprint density at radius 1 is 1.18 bits per heavy atom. The van der Waals surface area contributed by atoms with E-state index in [1.165, 1.54) is 16.0 Å². The van der Waals surface area contributed by atoms with Gasteiger partial charge in [0, 0.05) is 35.9 Å². The van der Waals surface area contributed by atoms with Gasteiger partial charge in [-0.2, -0.15) is 10.2 Å². The lowest BCUT2D eigenvalue weighted by Crippen LogP contribution is -2.29. The van der Waals surface area contributed by atoms with Gasteiger partial charge >= 0.3 is 0 Å². The average molecular weight is 476 g/mol. The molecular weight excluding hydrogens is 450 g/mol. The van der Waals surface area contributed by atoms with Crippen LogP contribution in [0.2, 0.25) is 0 Å². The van der Waals surface area contributed by atoms with Crippen LogP contribution in [-0.2, 0) is 6.54 Å². The van der Waals surface area contributed by atoms with E-state index in [9.17, 15) is 9.90 Å². The second-order valence-corrected chi connectivity index (χ2v) is 8.57. The summed E-state index contributed by atoms with van der Waals surface area (Å²) in [4.78, 5) is 23.0. The van der Waals surface area contributed by atoms with E-state index in [1.54, 1.807) is 43.5 Å². The number of thiazole rings is 1. The normalized spacial score (nSPS) is 11.6. The summed E-state index contributed by atoms with van der Waals surface area (Å²) in [6.45, 7) is 3.98. The number of aryl methyl sites for hydroxylation is 1. The molecule has 10 heteroatoms. The molecule has 0 spiro atoms. The highest BCUT2D eigenvalue weighted by molar-refractivity contribution is 7.10. The van der Waals surface area contributed by atoms with Gasteiger partial charge < -0.3 is 10.0 Å². The molecule has 5 aromatic rings. The number of hydrogen-bond acceptors (Lipinski definition) is 8. The zero-order valence-electron chi connectivity index (χ0n) is 19.1. The minimum atomic E-state index is -0.637. The van der Waals surface area contributed by atoms with Gasteiger partial charge in [-0.1, -0.05) is 18.2 Å². The molecule has 1 aromatic carbocycles. The number of benzene rings is 1. The average Bonchev–Trinajstić information content (AvgIpc) is 3.52. The Bertz CT molecular complexity index is 1430. The summed E-state index contributed by atoms with van der Waals surface area (Å²) in [7, 11) is 1.78. The molecule has 0 saturated carbocycles. The number of pyridine rings is 1. The van der Waals surface area contributed by atoms with Gasteiger partial charge in [-0.3, -0.25) is 14.9 Å². The number of hydrogen-bond donors (Lipinski definition) is 2. The number of nitrogens with zero attached hydrogens (tertiary/aromatic N) is 6. The van der Waals surface area contributed by atoms with Crippen molar-refractivity contribution in [3.63, 3.8) is 0 Å². The Morgan fingerprint density at radius 3 is 2.71 bits per heavy atom. The van der Waals surface area contributed by atoms with Gasteiger partial charge in [-0.25, -0.2) is 9.67 Å². The van der Waals surface area contributed by atoms with Gasteiger partial charge in [0.1, 0.15) is 22.6 Å². The summed E-state index contributed by atoms with van der Waals surface area (Å²) in [6, 6.07) is 13.3. The molecule has 4 aromatic heterocycles. The molecule has 1 unspecified atom stereocenters. The van der Waals surface area contributed by atoms with Crippen LogP contribution >= 0.6 is 11.3 Å². The van der Waals surface area contributed by atoms with Crippen LogP contribution in [0.25, 0.3) is 10.9 Å². The molecule has 0 amide bonds. The molecule has 34 heavy (non-hydrogen) atoms. The molecule has 0 saturated heterocycles. The van der Waals surface area contributed by atoms with Gasteiger partial charge in [0.15, 0.2) is 0 Å². The largest absolute Gasteiger partial charge is 0.386 e. The fourth-order valence-electron chi connectivity index (χ4n) is 3.33. The van der Waals surface area contributed by atoms with E-state index >= 15 is 0 Å². The molecule has 0 bridgehead atoms. The third kappa shape index (κ3) is 5.19. The zero-order chi connectivity index (χ0) is 24.1. The molecule has 0 aliphatic carbocycles. The first-order valence-electron chi connectivity index (χ1n) is 10.7. The predicted molar refractivity (Wildman–Crippen MR) is 133 cm³/mol. The minimum Gasteiger partial charge on any atom is -0.386 e. The Morgan fingerprint density at radius 2 is 2.03 bits per heavy atom. The first-order valence-corrected chi connectivity index (χ1v) is 11.5. The van der Waals surface area contributed by atoms with Gasteiger partial charge in [0.25, 0.3) is 5.56 Å². The van der Waals surface area contributed by atoms with E-state index in [0.717, 1.165) is 22.2 Å². The monoisotopic (exact) mass is 475 g/mol. The maximum Gasteiger partial charge on any atom is 0.290 e. The Labute approximate surface area is 200 Å². The van der Waals surface area contributed by atoms with Crippen molar-refractivity contribution in [2.45, 2.75) is 26.5 Å². The molecule has 0 aliphatic heterocycles. The molecule has 0 radical (unpaired) electrons. The van der Waals surface area contributed by atoms with Crippen LogP contribution in [0.5, 0.6) is 0 Å². The number of aromatic amines is 1. The van der Waals surface area contributed by atoms with Crippen molar-refractivity contribution < 1.29 is 5.11 Å². The first-order chi connectivity index (χ1) is 16.4. The number of aliphatic hydroxyl groups excluding tert-OH is 1. The molecule has 0 fully saturated rings. The van der Waals surface area contributed by atoms with Crippen molar-refractivity contribution >= 4 is 33.7 Å². The predicted octanol–water partition coefficient (Wildman–Crippen LogP) is 3.84. The van der Waals surface area contributed by atoms with Crippen LogP contribution in [0, 0.1) is 6.92 Å². The number of fused-ring (bicyclic) bond motifs is 1. The zero-order valence-corrected chi connectivity index (χ0v) is 19.9. The summed E-state index contributed by atoms with van der Waals surface area (Å²) < 4.78 is 1.43. The van der Waals surface area contributed by atoms with E-state index in [2.05, 4.69) is 25.3 Å². The van der Waals surface area contributed by atoms with Crippen molar-refractivity contribution in [2.75, 3.05) is 11.9 Å². The molecule has 9 nitrogen and oxygen atoms in total. The Hall–Kier alpha value is -3.89. The number of aromatic nitrogens is 6. The van der Waals surface area contributed by atoms with Crippen LogP contribution < -0.4 is 10.5 Å². The molecule has 2 N–H and O–H groups in total. The lowest BCUT2D eigenvalue weighted by atomic mass is 10.1. The van der Waals surface area contributed by atoms with E-state index in [0.29, 0.717) is 23.1 Å². The van der Waals surface area contributed by atoms with Crippen molar-refractivity contribution in [3.05, 3.63) is 93.1 Å². The van der Waals surface area contributed by atoms with Crippen LogP contribution in [0.3, 0.4) is 0 Å². The molecule has 1 atom stereocenters. The van der Waals surface area contributed by atoms with Crippen molar-refractivity contribution in [3.8, 4) is 0 Å². The first kappa shape index (κ1) is 23.3. The van der Waals surface area contributed by atoms with Gasteiger partial charge in [-0.05, 0) is 43.7 Å². The summed E-state index contributed by atoms with van der Waals surface area (Å²) in [6.07, 6.45) is 4.50. The Balaban J connectivity index is 0.000000336. The second-order valence-electron chi connectivity index (χ2n) is 7.68. The SMILES string of the molecule is CC(O)c1nc(N(C)c2ccnn(Cc3cccc4[nH]ncc34)c2=O)cs1.Cc1ccccn1. The molecule has 0 aliphatic rings. The summed E-state index contributed by atoms with van der Waals surface area (Å²) in [5, 5.41) is 24.3. The van der Waals surface area contributed by atoms with E-state index in [1.807, 2.05) is 48.7 Å². The fraction of sp³-hybridized carbons (Fsp3) is 0.208.